The van der Waals surface area contributed by atoms with Gasteiger partial charge in [-0.2, -0.15) is 5.10 Å². The Balaban J connectivity index is 1.49. The van der Waals surface area contributed by atoms with Gasteiger partial charge >= 0.3 is 11.8 Å². The number of anilines is 2. The van der Waals surface area contributed by atoms with Crippen LogP contribution < -0.4 is 15.6 Å². The highest BCUT2D eigenvalue weighted by Crippen LogP contribution is 2.15. The first kappa shape index (κ1) is 17.6. The van der Waals surface area contributed by atoms with E-state index in [4.69, 9.17) is 4.74 Å². The molecule has 1 heterocycles. The van der Waals surface area contributed by atoms with E-state index in [2.05, 4.69) is 20.7 Å². The molecule has 2 aromatic carbocycles. The molecule has 7 heteroatoms. The summed E-state index contributed by atoms with van der Waals surface area (Å²) in [7, 11) is 0. The molecule has 0 aromatic heterocycles. The summed E-state index contributed by atoms with van der Waals surface area (Å²) >= 11 is 0. The van der Waals surface area contributed by atoms with Gasteiger partial charge in [-0.1, -0.05) is 30.3 Å². The Kier molecular flexibility index (Phi) is 5.95. The smallest absolute Gasteiger partial charge is 0.329 e. The molecule has 0 radical (unpaired) electrons. The molecule has 2 aromatic rings. The SMILES string of the molecule is O=C(N/N=C/c1ccc(N2CCOCC2)cc1)C(=O)Nc1ccccc1. The molecule has 0 aliphatic carbocycles. The number of para-hydroxylation sites is 1. The van der Waals surface area contributed by atoms with E-state index >= 15 is 0 Å². The lowest BCUT2D eigenvalue weighted by molar-refractivity contribution is -0.136. The number of hydrazone groups is 1. The normalized spacial score (nSPS) is 14.2. The van der Waals surface area contributed by atoms with E-state index in [1.165, 1.54) is 6.21 Å². The van der Waals surface area contributed by atoms with E-state index in [1.54, 1.807) is 24.3 Å². The summed E-state index contributed by atoms with van der Waals surface area (Å²) in [6, 6.07) is 16.6. The first-order chi connectivity index (χ1) is 12.7. The fourth-order valence-electron chi connectivity index (χ4n) is 2.52. The number of amides is 2. The number of carbonyl (C=O) groups is 2. The average molecular weight is 352 g/mol. The minimum Gasteiger partial charge on any atom is -0.378 e. The second kappa shape index (κ2) is 8.77. The quantitative estimate of drug-likeness (QED) is 0.498. The van der Waals surface area contributed by atoms with Crippen molar-refractivity contribution in [2.45, 2.75) is 0 Å². The Morgan fingerprint density at radius 3 is 2.35 bits per heavy atom. The summed E-state index contributed by atoms with van der Waals surface area (Å²) in [6.07, 6.45) is 1.50. The van der Waals surface area contributed by atoms with Gasteiger partial charge in [-0.3, -0.25) is 9.59 Å². The zero-order valence-electron chi connectivity index (χ0n) is 14.2. The molecule has 0 bridgehead atoms. The summed E-state index contributed by atoms with van der Waals surface area (Å²) in [4.78, 5) is 25.8. The van der Waals surface area contributed by atoms with Gasteiger partial charge in [0.25, 0.3) is 0 Å². The van der Waals surface area contributed by atoms with Gasteiger partial charge in [-0.05, 0) is 29.8 Å². The Hall–Kier alpha value is -3.19. The number of nitrogens with zero attached hydrogens (tertiary/aromatic N) is 2. The zero-order chi connectivity index (χ0) is 18.2. The second-order valence-corrected chi connectivity index (χ2v) is 5.71. The van der Waals surface area contributed by atoms with Crippen molar-refractivity contribution in [2.75, 3.05) is 36.5 Å². The van der Waals surface area contributed by atoms with Crippen LogP contribution in [-0.2, 0) is 14.3 Å². The van der Waals surface area contributed by atoms with Crippen LogP contribution in [0, 0.1) is 0 Å². The molecule has 7 nitrogen and oxygen atoms in total. The fourth-order valence-corrected chi connectivity index (χ4v) is 2.52. The molecule has 1 saturated heterocycles. The standard InChI is InChI=1S/C19H20N4O3/c24-18(21-16-4-2-1-3-5-16)19(25)22-20-14-15-6-8-17(9-7-15)23-10-12-26-13-11-23/h1-9,14H,10-13H2,(H,21,24)(H,22,25)/b20-14+. The van der Waals surface area contributed by atoms with E-state index < -0.39 is 11.8 Å². The number of hydrogen-bond donors (Lipinski definition) is 2. The molecule has 1 fully saturated rings. The number of morpholine rings is 1. The van der Waals surface area contributed by atoms with Crippen LogP contribution >= 0.6 is 0 Å². The number of benzene rings is 2. The molecule has 3 rings (SSSR count). The van der Waals surface area contributed by atoms with Gasteiger partial charge in [-0.15, -0.1) is 0 Å². The molecular weight excluding hydrogens is 332 g/mol. The molecule has 26 heavy (non-hydrogen) atoms. The van der Waals surface area contributed by atoms with Crippen LogP contribution in [0.4, 0.5) is 11.4 Å². The fraction of sp³-hybridized carbons (Fsp3) is 0.211. The van der Waals surface area contributed by atoms with E-state index in [-0.39, 0.29) is 0 Å². The Morgan fingerprint density at radius 1 is 0.962 bits per heavy atom. The van der Waals surface area contributed by atoms with Gasteiger partial charge in [0.1, 0.15) is 0 Å². The molecule has 1 aliphatic heterocycles. The van der Waals surface area contributed by atoms with E-state index in [0.29, 0.717) is 5.69 Å². The van der Waals surface area contributed by atoms with Crippen LogP contribution in [0.5, 0.6) is 0 Å². The maximum absolute atomic E-state index is 11.8. The molecule has 2 amide bonds. The van der Waals surface area contributed by atoms with Gasteiger partial charge in [0, 0.05) is 24.5 Å². The van der Waals surface area contributed by atoms with Crippen LogP contribution in [0.1, 0.15) is 5.56 Å². The van der Waals surface area contributed by atoms with Gasteiger partial charge < -0.3 is 15.0 Å². The van der Waals surface area contributed by atoms with Crippen molar-refractivity contribution in [3.05, 3.63) is 60.2 Å². The van der Waals surface area contributed by atoms with Crippen LogP contribution in [0.2, 0.25) is 0 Å². The lowest BCUT2D eigenvalue weighted by Crippen LogP contribution is -2.36. The Bertz CT molecular complexity index is 769. The third-order valence-electron chi connectivity index (χ3n) is 3.89. The highest BCUT2D eigenvalue weighted by atomic mass is 16.5. The average Bonchev–Trinajstić information content (AvgIpc) is 2.70. The zero-order valence-corrected chi connectivity index (χ0v) is 14.2. The Labute approximate surface area is 151 Å². The lowest BCUT2D eigenvalue weighted by Gasteiger charge is -2.28. The third kappa shape index (κ3) is 4.90. The number of hydrogen-bond acceptors (Lipinski definition) is 5. The molecule has 1 aliphatic rings. The van der Waals surface area contributed by atoms with Crippen molar-refractivity contribution >= 4 is 29.4 Å². The molecule has 0 spiro atoms. The van der Waals surface area contributed by atoms with Crippen molar-refractivity contribution in [1.29, 1.82) is 0 Å². The predicted molar refractivity (Wildman–Crippen MR) is 100 cm³/mol. The number of carbonyl (C=O) groups excluding carboxylic acids is 2. The number of nitrogens with one attached hydrogen (secondary N) is 2. The number of ether oxygens (including phenoxy) is 1. The first-order valence-corrected chi connectivity index (χ1v) is 8.34. The van der Waals surface area contributed by atoms with Crippen molar-refractivity contribution in [3.63, 3.8) is 0 Å². The Morgan fingerprint density at radius 2 is 1.65 bits per heavy atom. The lowest BCUT2D eigenvalue weighted by atomic mass is 10.2. The van der Waals surface area contributed by atoms with Gasteiger partial charge in [-0.25, -0.2) is 5.43 Å². The van der Waals surface area contributed by atoms with Crippen molar-refractivity contribution in [2.24, 2.45) is 5.10 Å². The third-order valence-corrected chi connectivity index (χ3v) is 3.89. The van der Waals surface area contributed by atoms with E-state index in [0.717, 1.165) is 37.6 Å². The van der Waals surface area contributed by atoms with E-state index in [1.807, 2.05) is 30.3 Å². The molecule has 0 saturated carbocycles. The summed E-state index contributed by atoms with van der Waals surface area (Å²) in [5.74, 6) is -1.59. The van der Waals surface area contributed by atoms with Crippen LogP contribution in [0.25, 0.3) is 0 Å². The molecule has 0 unspecified atom stereocenters. The minimum absolute atomic E-state index is 0.551. The summed E-state index contributed by atoms with van der Waals surface area (Å²) in [6.45, 7) is 3.22. The summed E-state index contributed by atoms with van der Waals surface area (Å²) < 4.78 is 5.34. The maximum atomic E-state index is 11.8. The van der Waals surface area contributed by atoms with Crippen molar-refractivity contribution < 1.29 is 14.3 Å². The highest BCUT2D eigenvalue weighted by Gasteiger charge is 2.12. The minimum atomic E-state index is -0.824. The largest absolute Gasteiger partial charge is 0.378 e. The van der Waals surface area contributed by atoms with Crippen LogP contribution in [-0.4, -0.2) is 44.3 Å². The molecule has 134 valence electrons. The monoisotopic (exact) mass is 352 g/mol. The summed E-state index contributed by atoms with van der Waals surface area (Å²) in [5, 5.41) is 6.32. The van der Waals surface area contributed by atoms with Gasteiger partial charge in [0.05, 0.1) is 19.4 Å². The number of rotatable bonds is 4. The molecular formula is C19H20N4O3. The van der Waals surface area contributed by atoms with Gasteiger partial charge in [0.2, 0.25) is 0 Å². The highest BCUT2D eigenvalue weighted by molar-refractivity contribution is 6.39. The van der Waals surface area contributed by atoms with Crippen LogP contribution in [0.3, 0.4) is 0 Å². The second-order valence-electron chi connectivity index (χ2n) is 5.71. The van der Waals surface area contributed by atoms with Crippen molar-refractivity contribution in [1.82, 2.24) is 5.43 Å². The van der Waals surface area contributed by atoms with Crippen molar-refractivity contribution in [3.8, 4) is 0 Å². The predicted octanol–water partition coefficient (Wildman–Crippen LogP) is 1.61. The topological polar surface area (TPSA) is 83.0 Å². The van der Waals surface area contributed by atoms with E-state index in [9.17, 15) is 9.59 Å². The molecule has 2 N–H and O–H groups in total. The van der Waals surface area contributed by atoms with Crippen LogP contribution in [0.15, 0.2) is 59.7 Å². The summed E-state index contributed by atoms with van der Waals surface area (Å²) in [5.41, 5.74) is 4.72. The molecule has 0 atom stereocenters. The first-order valence-electron chi connectivity index (χ1n) is 8.34. The van der Waals surface area contributed by atoms with Gasteiger partial charge in [0.15, 0.2) is 0 Å². The maximum Gasteiger partial charge on any atom is 0.329 e.